The summed E-state index contributed by atoms with van der Waals surface area (Å²) >= 11 is 0. The molecule has 1 atom stereocenters. The summed E-state index contributed by atoms with van der Waals surface area (Å²) in [5.74, 6) is -0.591. The van der Waals surface area contributed by atoms with E-state index in [9.17, 15) is 9.59 Å². The van der Waals surface area contributed by atoms with Crippen molar-refractivity contribution in [1.29, 1.82) is 5.26 Å². The number of nitrogens with zero attached hydrogens (tertiary/aromatic N) is 1. The van der Waals surface area contributed by atoms with Crippen molar-refractivity contribution < 1.29 is 19.1 Å². The van der Waals surface area contributed by atoms with Gasteiger partial charge >= 0.3 is 5.97 Å². The van der Waals surface area contributed by atoms with Gasteiger partial charge in [-0.3, -0.25) is 10.2 Å². The molecule has 1 rings (SSSR count). The fourth-order valence-corrected chi connectivity index (χ4v) is 1.72. The number of esters is 1. The number of amides is 1. The summed E-state index contributed by atoms with van der Waals surface area (Å²) < 4.78 is 10.3. The van der Waals surface area contributed by atoms with E-state index in [0.29, 0.717) is 5.75 Å². The van der Waals surface area contributed by atoms with E-state index in [0.717, 1.165) is 17.3 Å². The summed E-state index contributed by atoms with van der Waals surface area (Å²) in [5.41, 5.74) is 6.52. The number of ether oxygens (including phenoxy) is 2. The second kappa shape index (κ2) is 9.20. The Bertz CT molecular complexity index is 677. The minimum Gasteiger partial charge on any atom is -0.481 e. The Labute approximate surface area is 141 Å². The number of carbonyl (C=O) groups excluding carboxylic acids is 2. The van der Waals surface area contributed by atoms with Crippen LogP contribution < -0.4 is 15.6 Å². The molecule has 0 unspecified atom stereocenters. The van der Waals surface area contributed by atoms with Crippen LogP contribution in [0.2, 0.25) is 0 Å². The maximum absolute atomic E-state index is 12.0. The predicted octanol–water partition coefficient (Wildman–Crippen LogP) is 1.66. The highest BCUT2D eigenvalue weighted by Crippen LogP contribution is 2.21. The van der Waals surface area contributed by atoms with Crippen molar-refractivity contribution in [2.45, 2.75) is 33.8 Å². The maximum Gasteiger partial charge on any atom is 0.350 e. The zero-order valence-electron chi connectivity index (χ0n) is 14.2. The van der Waals surface area contributed by atoms with Crippen molar-refractivity contribution in [2.24, 2.45) is 0 Å². The minimum atomic E-state index is -0.764. The average molecular weight is 331 g/mol. The molecule has 1 aromatic carbocycles. The molecule has 0 fully saturated rings. The fraction of sp³-hybridized carbons (Fsp3) is 0.353. The zero-order valence-corrected chi connectivity index (χ0v) is 14.2. The molecule has 7 heteroatoms. The third-order valence-electron chi connectivity index (χ3n) is 3.26. The van der Waals surface area contributed by atoms with Crippen LogP contribution in [0, 0.1) is 25.2 Å². The van der Waals surface area contributed by atoms with Crippen LogP contribution in [0.5, 0.6) is 5.75 Å². The molecule has 128 valence electrons. The predicted molar refractivity (Wildman–Crippen MR) is 87.6 cm³/mol. The lowest BCUT2D eigenvalue weighted by atomic mass is 10.1. The van der Waals surface area contributed by atoms with Gasteiger partial charge in [0.1, 0.15) is 11.8 Å². The van der Waals surface area contributed by atoms with Gasteiger partial charge in [-0.15, -0.1) is 0 Å². The van der Waals surface area contributed by atoms with Crippen molar-refractivity contribution in [3.8, 4) is 11.8 Å². The minimum absolute atomic E-state index is 0.158. The van der Waals surface area contributed by atoms with Gasteiger partial charge in [-0.05, 0) is 44.9 Å². The SMILES string of the molecule is CCOC(=O)/C(C#N)=C/NNC(=O)[C@@H](C)Oc1cccc(C)c1C. The van der Waals surface area contributed by atoms with Crippen molar-refractivity contribution >= 4 is 11.9 Å². The molecular formula is C17H21N3O4. The first kappa shape index (κ1) is 19.0. The third kappa shape index (κ3) is 5.32. The number of nitrogens with one attached hydrogen (secondary N) is 2. The molecule has 0 heterocycles. The first-order chi connectivity index (χ1) is 11.4. The molecule has 0 saturated heterocycles. The van der Waals surface area contributed by atoms with Gasteiger partial charge < -0.3 is 14.9 Å². The zero-order chi connectivity index (χ0) is 18.1. The van der Waals surface area contributed by atoms with Crippen LogP contribution in [-0.4, -0.2) is 24.6 Å². The smallest absolute Gasteiger partial charge is 0.350 e. The summed E-state index contributed by atoms with van der Waals surface area (Å²) in [6, 6.07) is 7.28. The van der Waals surface area contributed by atoms with Gasteiger partial charge in [0.2, 0.25) is 0 Å². The first-order valence-electron chi connectivity index (χ1n) is 7.46. The van der Waals surface area contributed by atoms with Crippen LogP contribution in [0.1, 0.15) is 25.0 Å². The van der Waals surface area contributed by atoms with Crippen molar-refractivity contribution in [1.82, 2.24) is 10.9 Å². The number of aryl methyl sites for hydroxylation is 1. The van der Waals surface area contributed by atoms with E-state index in [4.69, 9.17) is 14.7 Å². The van der Waals surface area contributed by atoms with Crippen molar-refractivity contribution in [3.05, 3.63) is 41.1 Å². The highest BCUT2D eigenvalue weighted by atomic mass is 16.5. The second-order valence-electron chi connectivity index (χ2n) is 4.98. The molecule has 0 saturated carbocycles. The van der Waals surface area contributed by atoms with Gasteiger partial charge in [0, 0.05) is 6.20 Å². The Kier molecular flexibility index (Phi) is 7.30. The molecule has 1 amide bonds. The largest absolute Gasteiger partial charge is 0.481 e. The lowest BCUT2D eigenvalue weighted by Crippen LogP contribution is -2.42. The number of hydrogen-bond donors (Lipinski definition) is 2. The third-order valence-corrected chi connectivity index (χ3v) is 3.26. The molecule has 0 spiro atoms. The van der Waals surface area contributed by atoms with E-state index < -0.39 is 18.0 Å². The lowest BCUT2D eigenvalue weighted by molar-refractivity contribution is -0.138. The van der Waals surface area contributed by atoms with Gasteiger partial charge in [0.05, 0.1) is 6.61 Å². The highest BCUT2D eigenvalue weighted by molar-refractivity contribution is 5.92. The van der Waals surface area contributed by atoms with Crippen LogP contribution in [0.3, 0.4) is 0 Å². The number of hydrogen-bond acceptors (Lipinski definition) is 6. The van der Waals surface area contributed by atoms with Crippen LogP contribution in [0.25, 0.3) is 0 Å². The molecule has 0 radical (unpaired) electrons. The Hall–Kier alpha value is -3.01. The summed E-state index contributed by atoms with van der Waals surface area (Å²) in [6.07, 6.45) is 0.306. The van der Waals surface area contributed by atoms with Gasteiger partial charge in [0.15, 0.2) is 11.7 Å². The first-order valence-corrected chi connectivity index (χ1v) is 7.46. The molecule has 2 N–H and O–H groups in total. The summed E-state index contributed by atoms with van der Waals surface area (Å²) in [6.45, 7) is 7.26. The standard InChI is InChI=1S/C17H21N3O4/c1-5-23-17(22)14(9-18)10-19-20-16(21)13(4)24-15-8-6-7-11(2)12(15)3/h6-8,10,13,19H,5H2,1-4H3,(H,20,21)/b14-10+/t13-/m1/s1. The molecule has 0 bridgehead atoms. The van der Waals surface area contributed by atoms with Crippen molar-refractivity contribution in [3.63, 3.8) is 0 Å². The molecule has 1 aromatic rings. The Balaban J connectivity index is 2.60. The van der Waals surface area contributed by atoms with Gasteiger partial charge in [-0.25, -0.2) is 4.79 Å². The quantitative estimate of drug-likeness (QED) is 0.341. The summed E-state index contributed by atoms with van der Waals surface area (Å²) in [4.78, 5) is 23.4. The number of hydrazine groups is 1. The summed E-state index contributed by atoms with van der Waals surface area (Å²) in [7, 11) is 0. The van der Waals surface area contributed by atoms with Crippen LogP contribution in [0.4, 0.5) is 0 Å². The maximum atomic E-state index is 12.0. The Morgan fingerprint density at radius 3 is 2.71 bits per heavy atom. The number of benzene rings is 1. The van der Waals surface area contributed by atoms with Gasteiger partial charge in [0.25, 0.3) is 5.91 Å². The molecule has 0 aliphatic heterocycles. The number of rotatable bonds is 7. The second-order valence-corrected chi connectivity index (χ2v) is 4.98. The highest BCUT2D eigenvalue weighted by Gasteiger charge is 2.16. The molecule has 0 aliphatic carbocycles. The van der Waals surface area contributed by atoms with E-state index in [1.807, 2.05) is 26.0 Å². The van der Waals surface area contributed by atoms with E-state index in [-0.39, 0.29) is 12.2 Å². The molecule has 24 heavy (non-hydrogen) atoms. The molecule has 0 aliphatic rings. The number of carbonyl (C=O) groups is 2. The Morgan fingerprint density at radius 1 is 1.38 bits per heavy atom. The normalized spacial score (nSPS) is 11.9. The van der Waals surface area contributed by atoms with E-state index in [2.05, 4.69) is 10.9 Å². The molecule has 7 nitrogen and oxygen atoms in total. The van der Waals surface area contributed by atoms with E-state index in [1.54, 1.807) is 26.0 Å². The van der Waals surface area contributed by atoms with Crippen LogP contribution in [0.15, 0.2) is 30.0 Å². The summed E-state index contributed by atoms with van der Waals surface area (Å²) in [5, 5.41) is 8.85. The van der Waals surface area contributed by atoms with Gasteiger partial charge in [-0.2, -0.15) is 5.26 Å². The van der Waals surface area contributed by atoms with Gasteiger partial charge in [-0.1, -0.05) is 12.1 Å². The average Bonchev–Trinajstić information content (AvgIpc) is 2.55. The van der Waals surface area contributed by atoms with Crippen LogP contribution in [-0.2, 0) is 14.3 Å². The molecular weight excluding hydrogens is 310 g/mol. The molecule has 0 aromatic heterocycles. The monoisotopic (exact) mass is 331 g/mol. The van der Waals surface area contributed by atoms with E-state index in [1.165, 1.54) is 0 Å². The topological polar surface area (TPSA) is 100 Å². The van der Waals surface area contributed by atoms with E-state index >= 15 is 0 Å². The van der Waals surface area contributed by atoms with Crippen molar-refractivity contribution in [2.75, 3.05) is 6.61 Å². The Morgan fingerprint density at radius 2 is 2.08 bits per heavy atom. The lowest BCUT2D eigenvalue weighted by Gasteiger charge is -2.17. The number of nitriles is 1. The fourth-order valence-electron chi connectivity index (χ4n) is 1.72. The van der Waals surface area contributed by atoms with Crippen LogP contribution >= 0.6 is 0 Å².